The summed E-state index contributed by atoms with van der Waals surface area (Å²) in [6.07, 6.45) is 1.49. The molecule has 0 atom stereocenters. The Bertz CT molecular complexity index is 671. The van der Waals surface area contributed by atoms with Crippen molar-refractivity contribution in [3.8, 4) is 11.3 Å². The van der Waals surface area contributed by atoms with Gasteiger partial charge in [0.1, 0.15) is 5.82 Å². The maximum absolute atomic E-state index is 13.2. The molecule has 2 aromatic carbocycles. The molecule has 1 aromatic heterocycles. The molecule has 1 heterocycles. The number of pyridine rings is 1. The molecule has 0 N–H and O–H groups in total. The minimum absolute atomic E-state index is 0.261. The molecule has 3 aromatic rings. The first-order valence-corrected chi connectivity index (χ1v) is 5.44. The summed E-state index contributed by atoms with van der Waals surface area (Å²) in [7, 11) is 0. The Morgan fingerprint density at radius 1 is 0.882 bits per heavy atom. The van der Waals surface area contributed by atoms with E-state index in [-0.39, 0.29) is 5.82 Å². The lowest BCUT2D eigenvalue weighted by atomic mass is 10.0. The number of hydrogen-bond donors (Lipinski definition) is 0. The van der Waals surface area contributed by atoms with Crippen molar-refractivity contribution in [3.05, 3.63) is 66.6 Å². The maximum atomic E-state index is 13.2. The van der Waals surface area contributed by atoms with Gasteiger partial charge in [0.15, 0.2) is 0 Å². The second-order valence-electron chi connectivity index (χ2n) is 3.89. The molecule has 0 saturated heterocycles. The third kappa shape index (κ3) is 1.78. The highest BCUT2D eigenvalue weighted by Gasteiger charge is 2.04. The van der Waals surface area contributed by atoms with Crippen molar-refractivity contribution < 1.29 is 4.39 Å². The lowest BCUT2D eigenvalue weighted by Crippen LogP contribution is -1.86. The highest BCUT2D eigenvalue weighted by Crippen LogP contribution is 2.27. The molecule has 0 aliphatic carbocycles. The molecule has 82 valence electrons. The number of fused-ring (bicyclic) bond motifs is 1. The molecule has 0 aliphatic rings. The van der Waals surface area contributed by atoms with Crippen molar-refractivity contribution in [2.75, 3.05) is 0 Å². The average molecular weight is 223 g/mol. The Kier molecular flexibility index (Phi) is 2.33. The third-order valence-electron chi connectivity index (χ3n) is 2.79. The number of halogens is 1. The average Bonchev–Trinajstić information content (AvgIpc) is 2.38. The van der Waals surface area contributed by atoms with Gasteiger partial charge < -0.3 is 0 Å². The van der Waals surface area contributed by atoms with Gasteiger partial charge in [-0.25, -0.2) is 4.39 Å². The lowest BCUT2D eigenvalue weighted by Gasteiger charge is -2.05. The van der Waals surface area contributed by atoms with E-state index in [1.165, 1.54) is 18.3 Å². The highest BCUT2D eigenvalue weighted by molar-refractivity contribution is 5.95. The molecule has 0 bridgehead atoms. The van der Waals surface area contributed by atoms with E-state index in [4.69, 9.17) is 0 Å². The number of benzene rings is 2. The Balaban J connectivity index is 2.30. The first-order valence-electron chi connectivity index (χ1n) is 5.44. The van der Waals surface area contributed by atoms with Crippen molar-refractivity contribution in [1.82, 2.24) is 4.98 Å². The van der Waals surface area contributed by atoms with E-state index in [1.807, 2.05) is 42.5 Å². The summed E-state index contributed by atoms with van der Waals surface area (Å²) in [5.74, 6) is -0.261. The van der Waals surface area contributed by atoms with Gasteiger partial charge >= 0.3 is 0 Å². The van der Waals surface area contributed by atoms with Gasteiger partial charge in [-0.15, -0.1) is 0 Å². The van der Waals surface area contributed by atoms with Crippen LogP contribution in [0.2, 0.25) is 0 Å². The van der Waals surface area contributed by atoms with Crippen LogP contribution >= 0.6 is 0 Å². The fourth-order valence-electron chi connectivity index (χ4n) is 2.00. The summed E-state index contributed by atoms with van der Waals surface area (Å²) < 4.78 is 13.2. The number of aromatic nitrogens is 1. The zero-order valence-corrected chi connectivity index (χ0v) is 9.10. The van der Waals surface area contributed by atoms with Crippen LogP contribution in [0.4, 0.5) is 4.39 Å². The minimum Gasteiger partial charge on any atom is -0.256 e. The van der Waals surface area contributed by atoms with Crippen LogP contribution in [0.15, 0.2) is 60.8 Å². The van der Waals surface area contributed by atoms with Crippen molar-refractivity contribution in [2.45, 2.75) is 0 Å². The van der Waals surface area contributed by atoms with E-state index in [0.717, 1.165) is 16.3 Å². The quantitative estimate of drug-likeness (QED) is 0.606. The van der Waals surface area contributed by atoms with E-state index in [0.29, 0.717) is 5.69 Å². The summed E-state index contributed by atoms with van der Waals surface area (Å²) in [5.41, 5.74) is 1.63. The van der Waals surface area contributed by atoms with E-state index < -0.39 is 0 Å². The second kappa shape index (κ2) is 3.98. The Labute approximate surface area is 98.6 Å². The predicted molar refractivity (Wildman–Crippen MR) is 67.1 cm³/mol. The molecular weight excluding hydrogens is 213 g/mol. The van der Waals surface area contributed by atoms with E-state index >= 15 is 0 Å². The van der Waals surface area contributed by atoms with Crippen LogP contribution in [0, 0.1) is 5.82 Å². The van der Waals surface area contributed by atoms with Gasteiger partial charge in [0.25, 0.3) is 0 Å². The van der Waals surface area contributed by atoms with E-state index in [9.17, 15) is 4.39 Å². The van der Waals surface area contributed by atoms with Crippen molar-refractivity contribution in [1.29, 1.82) is 0 Å². The first kappa shape index (κ1) is 9.97. The van der Waals surface area contributed by atoms with Crippen molar-refractivity contribution in [3.63, 3.8) is 0 Å². The molecule has 2 heteroatoms. The normalized spacial score (nSPS) is 10.6. The SMILES string of the molecule is Fc1ccnc(-c2cccc3ccccc23)c1. The second-order valence-corrected chi connectivity index (χ2v) is 3.89. The number of hydrogen-bond acceptors (Lipinski definition) is 1. The molecule has 0 radical (unpaired) electrons. The number of nitrogens with zero attached hydrogens (tertiary/aromatic N) is 1. The summed E-state index contributed by atoms with van der Waals surface area (Å²) in [5, 5.41) is 2.23. The standard InChI is InChI=1S/C15H10FN/c16-12-8-9-17-15(10-12)14-7-3-5-11-4-1-2-6-13(11)14/h1-10H. The summed E-state index contributed by atoms with van der Waals surface area (Å²) >= 11 is 0. The van der Waals surface area contributed by atoms with Crippen LogP contribution < -0.4 is 0 Å². The molecular formula is C15H10FN. The van der Waals surface area contributed by atoms with Crippen LogP contribution in [0.3, 0.4) is 0 Å². The fraction of sp³-hybridized carbons (Fsp3) is 0. The van der Waals surface area contributed by atoms with Crippen LogP contribution in [-0.2, 0) is 0 Å². The fourth-order valence-corrected chi connectivity index (χ4v) is 2.00. The maximum Gasteiger partial charge on any atom is 0.126 e. The van der Waals surface area contributed by atoms with Crippen molar-refractivity contribution >= 4 is 10.8 Å². The Morgan fingerprint density at radius 3 is 2.59 bits per heavy atom. The lowest BCUT2D eigenvalue weighted by molar-refractivity contribution is 0.626. The smallest absolute Gasteiger partial charge is 0.126 e. The molecule has 0 unspecified atom stereocenters. The van der Waals surface area contributed by atoms with Crippen LogP contribution in [0.5, 0.6) is 0 Å². The summed E-state index contributed by atoms with van der Waals surface area (Å²) in [6, 6.07) is 16.8. The summed E-state index contributed by atoms with van der Waals surface area (Å²) in [4.78, 5) is 4.22. The number of rotatable bonds is 1. The largest absolute Gasteiger partial charge is 0.256 e. The van der Waals surface area contributed by atoms with Gasteiger partial charge in [-0.3, -0.25) is 4.98 Å². The van der Waals surface area contributed by atoms with Gasteiger partial charge in [0, 0.05) is 17.8 Å². The van der Waals surface area contributed by atoms with Crippen molar-refractivity contribution in [2.24, 2.45) is 0 Å². The van der Waals surface area contributed by atoms with Crippen LogP contribution in [0.25, 0.3) is 22.0 Å². The van der Waals surface area contributed by atoms with Gasteiger partial charge in [0.2, 0.25) is 0 Å². The van der Waals surface area contributed by atoms with Gasteiger partial charge in [-0.1, -0.05) is 42.5 Å². The van der Waals surface area contributed by atoms with E-state index in [2.05, 4.69) is 4.98 Å². The molecule has 1 nitrogen and oxygen atoms in total. The topological polar surface area (TPSA) is 12.9 Å². The molecule has 17 heavy (non-hydrogen) atoms. The zero-order chi connectivity index (χ0) is 11.7. The monoisotopic (exact) mass is 223 g/mol. The molecule has 0 aliphatic heterocycles. The molecule has 0 fully saturated rings. The molecule has 0 spiro atoms. The summed E-state index contributed by atoms with van der Waals surface area (Å²) in [6.45, 7) is 0. The van der Waals surface area contributed by atoms with Crippen LogP contribution in [-0.4, -0.2) is 4.98 Å². The first-order chi connectivity index (χ1) is 8.34. The zero-order valence-electron chi connectivity index (χ0n) is 9.10. The predicted octanol–water partition coefficient (Wildman–Crippen LogP) is 4.04. The highest BCUT2D eigenvalue weighted by atomic mass is 19.1. The van der Waals surface area contributed by atoms with Crippen LogP contribution in [0.1, 0.15) is 0 Å². The molecule has 3 rings (SSSR count). The third-order valence-corrected chi connectivity index (χ3v) is 2.79. The van der Waals surface area contributed by atoms with Gasteiger partial charge in [0.05, 0.1) is 5.69 Å². The van der Waals surface area contributed by atoms with E-state index in [1.54, 1.807) is 0 Å². The molecule has 0 saturated carbocycles. The Hall–Kier alpha value is -2.22. The van der Waals surface area contributed by atoms with Gasteiger partial charge in [-0.2, -0.15) is 0 Å². The molecule has 0 amide bonds. The minimum atomic E-state index is -0.261. The Morgan fingerprint density at radius 2 is 1.71 bits per heavy atom. The van der Waals surface area contributed by atoms with Gasteiger partial charge in [-0.05, 0) is 16.8 Å².